The molecule has 0 amide bonds. The topological polar surface area (TPSA) is 31.0 Å². The fraction of sp³-hybridized carbons (Fsp3) is 0.571. The SMILES string of the molecule is COc1ccc(OC)c2c1[C@H]1CC[C@@H]2[C@@H]2O[C@@H]21. The number of methoxy groups -OCH3 is 2. The third-order valence-electron chi connectivity index (χ3n) is 4.53. The summed E-state index contributed by atoms with van der Waals surface area (Å²) in [6, 6.07) is 4.05. The van der Waals surface area contributed by atoms with E-state index in [1.807, 2.05) is 12.1 Å². The zero-order valence-corrected chi connectivity index (χ0v) is 10.1. The lowest BCUT2D eigenvalue weighted by molar-refractivity contribution is 0.347. The summed E-state index contributed by atoms with van der Waals surface area (Å²) in [5.74, 6) is 3.05. The lowest BCUT2D eigenvalue weighted by atomic mass is 9.66. The molecule has 0 spiro atoms. The molecule has 2 bridgehead atoms. The summed E-state index contributed by atoms with van der Waals surface area (Å²) in [6.07, 6.45) is 3.34. The van der Waals surface area contributed by atoms with Gasteiger partial charge in [0.25, 0.3) is 0 Å². The molecule has 4 atom stereocenters. The van der Waals surface area contributed by atoms with Crippen molar-refractivity contribution in [1.29, 1.82) is 0 Å². The van der Waals surface area contributed by atoms with Crippen molar-refractivity contribution in [2.24, 2.45) is 0 Å². The number of rotatable bonds is 2. The normalized spacial score (nSPS) is 36.1. The molecular formula is C14H16O3. The molecule has 1 aromatic carbocycles. The molecule has 4 aliphatic rings. The predicted octanol–water partition coefficient (Wildman–Crippen LogP) is 2.45. The van der Waals surface area contributed by atoms with Crippen LogP contribution in [0.2, 0.25) is 0 Å². The molecule has 0 radical (unpaired) electrons. The van der Waals surface area contributed by atoms with E-state index < -0.39 is 0 Å². The van der Waals surface area contributed by atoms with Crippen LogP contribution in [0.15, 0.2) is 12.1 Å². The second-order valence-corrected chi connectivity index (χ2v) is 5.15. The van der Waals surface area contributed by atoms with Crippen LogP contribution in [0.5, 0.6) is 11.5 Å². The van der Waals surface area contributed by atoms with Crippen molar-refractivity contribution in [2.45, 2.75) is 36.9 Å². The van der Waals surface area contributed by atoms with Gasteiger partial charge in [-0.3, -0.25) is 0 Å². The quantitative estimate of drug-likeness (QED) is 0.734. The highest BCUT2D eigenvalue weighted by atomic mass is 16.6. The van der Waals surface area contributed by atoms with Crippen molar-refractivity contribution >= 4 is 0 Å². The number of benzene rings is 1. The smallest absolute Gasteiger partial charge is 0.122 e. The first-order valence-corrected chi connectivity index (χ1v) is 6.25. The molecule has 2 fully saturated rings. The molecule has 5 rings (SSSR count). The van der Waals surface area contributed by atoms with Crippen molar-refractivity contribution in [3.8, 4) is 11.5 Å². The van der Waals surface area contributed by atoms with E-state index in [0.29, 0.717) is 24.0 Å². The lowest BCUT2D eigenvalue weighted by Crippen LogP contribution is -2.30. The van der Waals surface area contributed by atoms with E-state index in [9.17, 15) is 0 Å². The third kappa shape index (κ3) is 1.10. The maximum atomic E-state index is 5.84. The fourth-order valence-corrected chi connectivity index (χ4v) is 3.81. The molecule has 1 aliphatic heterocycles. The minimum atomic E-state index is 0.447. The summed E-state index contributed by atoms with van der Waals surface area (Å²) in [4.78, 5) is 0. The maximum absolute atomic E-state index is 5.84. The summed E-state index contributed by atoms with van der Waals surface area (Å²) in [5, 5.41) is 0. The van der Waals surface area contributed by atoms with Crippen LogP contribution in [0, 0.1) is 0 Å². The average molecular weight is 232 g/mol. The largest absolute Gasteiger partial charge is 0.496 e. The van der Waals surface area contributed by atoms with Gasteiger partial charge in [0.15, 0.2) is 0 Å². The molecule has 1 heterocycles. The van der Waals surface area contributed by atoms with E-state index in [-0.39, 0.29) is 0 Å². The number of hydrogen-bond donors (Lipinski definition) is 0. The van der Waals surface area contributed by atoms with Crippen LogP contribution < -0.4 is 9.47 Å². The maximum Gasteiger partial charge on any atom is 0.122 e. The summed E-state index contributed by atoms with van der Waals surface area (Å²) >= 11 is 0. The third-order valence-corrected chi connectivity index (χ3v) is 4.53. The molecule has 1 saturated heterocycles. The molecule has 0 aromatic heterocycles. The minimum Gasteiger partial charge on any atom is -0.496 e. The standard InChI is InChI=1S/C14H16O3/c1-15-9-5-6-10(16-2)12-8-4-3-7(11(9)12)13-14(8)17-13/h5-8,13-14H,3-4H2,1-2H3/t7-,8+,13-,14+. The van der Waals surface area contributed by atoms with Crippen LogP contribution in [0.25, 0.3) is 0 Å². The first-order valence-electron chi connectivity index (χ1n) is 6.25. The molecule has 0 N–H and O–H groups in total. The number of hydrogen-bond acceptors (Lipinski definition) is 3. The Labute approximate surface area is 101 Å². The number of ether oxygens (including phenoxy) is 3. The highest BCUT2D eigenvalue weighted by Crippen LogP contribution is 2.62. The molecule has 3 aliphatic carbocycles. The Balaban J connectivity index is 1.97. The van der Waals surface area contributed by atoms with Gasteiger partial charge in [-0.15, -0.1) is 0 Å². The number of fused-ring (bicyclic) bond motifs is 1. The van der Waals surface area contributed by atoms with Gasteiger partial charge in [-0.25, -0.2) is 0 Å². The van der Waals surface area contributed by atoms with E-state index in [4.69, 9.17) is 14.2 Å². The first-order chi connectivity index (χ1) is 8.35. The highest BCUT2D eigenvalue weighted by molar-refractivity contribution is 5.57. The van der Waals surface area contributed by atoms with E-state index in [0.717, 1.165) is 11.5 Å². The van der Waals surface area contributed by atoms with Crippen LogP contribution in [0.4, 0.5) is 0 Å². The lowest BCUT2D eigenvalue weighted by Gasteiger charge is -2.36. The second-order valence-electron chi connectivity index (χ2n) is 5.15. The van der Waals surface area contributed by atoms with Gasteiger partial charge >= 0.3 is 0 Å². The fourth-order valence-electron chi connectivity index (χ4n) is 3.81. The van der Waals surface area contributed by atoms with E-state index in [2.05, 4.69) is 0 Å². The molecular weight excluding hydrogens is 216 g/mol. The van der Waals surface area contributed by atoms with Crippen LogP contribution in [0.1, 0.15) is 35.8 Å². The summed E-state index contributed by atoms with van der Waals surface area (Å²) in [5.41, 5.74) is 2.70. The molecule has 3 heteroatoms. The van der Waals surface area contributed by atoms with Gasteiger partial charge in [0.1, 0.15) is 11.5 Å². The van der Waals surface area contributed by atoms with Crippen LogP contribution in [-0.2, 0) is 4.74 Å². The predicted molar refractivity (Wildman–Crippen MR) is 62.9 cm³/mol. The van der Waals surface area contributed by atoms with Gasteiger partial charge in [-0.2, -0.15) is 0 Å². The van der Waals surface area contributed by atoms with Crippen molar-refractivity contribution in [1.82, 2.24) is 0 Å². The van der Waals surface area contributed by atoms with Crippen LogP contribution in [0.3, 0.4) is 0 Å². The van der Waals surface area contributed by atoms with Crippen molar-refractivity contribution in [3.05, 3.63) is 23.3 Å². The number of epoxide rings is 1. The molecule has 90 valence electrons. The molecule has 3 nitrogen and oxygen atoms in total. The van der Waals surface area contributed by atoms with Crippen molar-refractivity contribution < 1.29 is 14.2 Å². The zero-order chi connectivity index (χ0) is 11.6. The molecule has 1 aromatic rings. The Morgan fingerprint density at radius 3 is 1.82 bits per heavy atom. The summed E-state index contributed by atoms with van der Waals surface area (Å²) in [7, 11) is 3.49. The van der Waals surface area contributed by atoms with Gasteiger partial charge in [-0.05, 0) is 25.0 Å². The Bertz CT molecular complexity index is 440. The molecule has 17 heavy (non-hydrogen) atoms. The molecule has 1 saturated carbocycles. The highest BCUT2D eigenvalue weighted by Gasteiger charge is 2.59. The van der Waals surface area contributed by atoms with Crippen molar-refractivity contribution in [3.63, 3.8) is 0 Å². The van der Waals surface area contributed by atoms with Gasteiger partial charge in [0.2, 0.25) is 0 Å². The van der Waals surface area contributed by atoms with Crippen LogP contribution >= 0.6 is 0 Å². The Morgan fingerprint density at radius 1 is 0.941 bits per heavy atom. The zero-order valence-electron chi connectivity index (χ0n) is 10.1. The summed E-state index contributed by atoms with van der Waals surface area (Å²) in [6.45, 7) is 0. The van der Waals surface area contributed by atoms with E-state index >= 15 is 0 Å². The van der Waals surface area contributed by atoms with Gasteiger partial charge in [-0.1, -0.05) is 0 Å². The van der Waals surface area contributed by atoms with Gasteiger partial charge < -0.3 is 14.2 Å². The van der Waals surface area contributed by atoms with Gasteiger partial charge in [0, 0.05) is 23.0 Å². The Kier molecular flexibility index (Phi) is 1.82. The monoisotopic (exact) mass is 232 g/mol. The molecule has 0 unspecified atom stereocenters. The second kappa shape index (κ2) is 3.16. The van der Waals surface area contributed by atoms with Gasteiger partial charge in [0.05, 0.1) is 26.4 Å². The minimum absolute atomic E-state index is 0.447. The Hall–Kier alpha value is -1.22. The van der Waals surface area contributed by atoms with Crippen molar-refractivity contribution in [2.75, 3.05) is 14.2 Å². The first kappa shape index (κ1) is 9.77. The average Bonchev–Trinajstić information content (AvgIpc) is 3.19. The van der Waals surface area contributed by atoms with E-state index in [1.54, 1.807) is 14.2 Å². The van der Waals surface area contributed by atoms with Crippen LogP contribution in [-0.4, -0.2) is 26.4 Å². The Morgan fingerprint density at radius 2 is 1.41 bits per heavy atom. The summed E-state index contributed by atoms with van der Waals surface area (Å²) < 4.78 is 16.9. The van der Waals surface area contributed by atoms with E-state index in [1.165, 1.54) is 24.0 Å².